The molecule has 7 nitrogen and oxygen atoms in total. The van der Waals surface area contributed by atoms with Crippen molar-refractivity contribution in [2.45, 2.75) is 12.5 Å². The number of carbonyl (C=O) groups is 1. The maximum atomic E-state index is 11.2. The number of nitro benzene ring substituents is 1. The Labute approximate surface area is 102 Å². The molecule has 1 fully saturated rings. The quantitative estimate of drug-likeness (QED) is 0.456. The zero-order chi connectivity index (χ0) is 13.1. The Kier molecular flexibility index (Phi) is 3.31. The lowest BCUT2D eigenvalue weighted by Crippen LogP contribution is -2.22. The van der Waals surface area contributed by atoms with Crippen molar-refractivity contribution in [1.29, 1.82) is 0 Å². The molecule has 1 saturated heterocycles. The monoisotopic (exact) mass is 253 g/mol. The topological polar surface area (TPSA) is 87.9 Å². The molecule has 0 bridgehead atoms. The van der Waals surface area contributed by atoms with E-state index >= 15 is 0 Å². The first kappa shape index (κ1) is 12.2. The number of hydrogen-bond acceptors (Lipinski definition) is 6. The van der Waals surface area contributed by atoms with Gasteiger partial charge in [-0.2, -0.15) is 0 Å². The van der Waals surface area contributed by atoms with Crippen molar-refractivity contribution in [3.8, 4) is 11.5 Å². The Morgan fingerprint density at radius 3 is 2.83 bits per heavy atom. The van der Waals surface area contributed by atoms with Gasteiger partial charge in [-0.25, -0.2) is 4.79 Å². The number of carbonyl (C=O) groups excluding carboxylic acids is 1. The lowest BCUT2D eigenvalue weighted by molar-refractivity contribution is -0.386. The van der Waals surface area contributed by atoms with E-state index in [4.69, 9.17) is 14.2 Å². The van der Waals surface area contributed by atoms with Crippen LogP contribution in [0.5, 0.6) is 11.5 Å². The summed E-state index contributed by atoms with van der Waals surface area (Å²) < 4.78 is 14.9. The summed E-state index contributed by atoms with van der Waals surface area (Å²) in [5.74, 6) is -0.118. The van der Waals surface area contributed by atoms with Gasteiger partial charge in [-0.05, 0) is 12.1 Å². The van der Waals surface area contributed by atoms with Crippen LogP contribution in [0.3, 0.4) is 0 Å². The van der Waals surface area contributed by atoms with E-state index < -0.39 is 17.0 Å². The third kappa shape index (κ3) is 2.34. The number of cyclic esters (lactones) is 1. The van der Waals surface area contributed by atoms with Gasteiger partial charge in [0.15, 0.2) is 11.9 Å². The van der Waals surface area contributed by atoms with Gasteiger partial charge in [0, 0.05) is 6.42 Å². The zero-order valence-corrected chi connectivity index (χ0v) is 9.62. The van der Waals surface area contributed by atoms with E-state index in [1.807, 2.05) is 0 Å². The lowest BCUT2D eigenvalue weighted by Gasteiger charge is -2.10. The summed E-state index contributed by atoms with van der Waals surface area (Å²) in [4.78, 5) is 21.6. The van der Waals surface area contributed by atoms with Gasteiger partial charge >= 0.3 is 11.7 Å². The summed E-state index contributed by atoms with van der Waals surface area (Å²) in [5, 5.41) is 10.9. The number of rotatable bonds is 4. The second-order valence-corrected chi connectivity index (χ2v) is 3.65. The van der Waals surface area contributed by atoms with Crippen molar-refractivity contribution >= 4 is 11.7 Å². The second kappa shape index (κ2) is 4.91. The molecule has 0 aromatic heterocycles. The average Bonchev–Trinajstić information content (AvgIpc) is 2.75. The predicted molar refractivity (Wildman–Crippen MR) is 59.6 cm³/mol. The molecule has 7 heteroatoms. The normalized spacial score (nSPS) is 18.3. The number of ether oxygens (including phenoxy) is 3. The van der Waals surface area contributed by atoms with E-state index in [1.54, 1.807) is 0 Å². The first-order chi connectivity index (χ1) is 8.61. The van der Waals surface area contributed by atoms with Crippen molar-refractivity contribution < 1.29 is 23.9 Å². The average molecular weight is 253 g/mol. The van der Waals surface area contributed by atoms with E-state index in [9.17, 15) is 14.9 Å². The summed E-state index contributed by atoms with van der Waals surface area (Å²) in [6, 6.07) is 4.18. The summed E-state index contributed by atoms with van der Waals surface area (Å²) in [6.07, 6.45) is -0.390. The first-order valence-electron chi connectivity index (χ1n) is 5.27. The number of nitrogens with zero attached hydrogens (tertiary/aromatic N) is 1. The Morgan fingerprint density at radius 1 is 1.50 bits per heavy atom. The molecule has 18 heavy (non-hydrogen) atoms. The molecule has 1 atom stereocenters. The van der Waals surface area contributed by atoms with E-state index in [0.29, 0.717) is 12.2 Å². The highest BCUT2D eigenvalue weighted by molar-refractivity contribution is 5.77. The third-order valence-corrected chi connectivity index (χ3v) is 2.52. The van der Waals surface area contributed by atoms with Crippen LogP contribution in [-0.4, -0.2) is 30.7 Å². The van der Waals surface area contributed by atoms with Crippen LogP contribution in [0.4, 0.5) is 5.69 Å². The van der Waals surface area contributed by atoms with Crippen LogP contribution in [0.2, 0.25) is 0 Å². The molecular weight excluding hydrogens is 242 g/mol. The Bertz CT molecular complexity index is 486. The summed E-state index contributed by atoms with van der Waals surface area (Å²) in [7, 11) is 1.41. The van der Waals surface area contributed by atoms with Gasteiger partial charge in [0.05, 0.1) is 24.7 Å². The van der Waals surface area contributed by atoms with Gasteiger partial charge < -0.3 is 14.2 Å². The fourth-order valence-electron chi connectivity index (χ4n) is 1.60. The van der Waals surface area contributed by atoms with Gasteiger partial charge in [0.2, 0.25) is 0 Å². The molecule has 0 aliphatic carbocycles. The molecule has 1 aromatic carbocycles. The van der Waals surface area contributed by atoms with Crippen LogP contribution in [0, 0.1) is 10.1 Å². The first-order valence-corrected chi connectivity index (χ1v) is 5.27. The van der Waals surface area contributed by atoms with Gasteiger partial charge in [-0.3, -0.25) is 10.1 Å². The minimum Gasteiger partial charge on any atom is -0.496 e. The van der Waals surface area contributed by atoms with Crippen LogP contribution in [0.1, 0.15) is 6.42 Å². The largest absolute Gasteiger partial charge is 0.496 e. The minimum atomic E-state index is -0.780. The second-order valence-electron chi connectivity index (χ2n) is 3.65. The van der Waals surface area contributed by atoms with Crippen molar-refractivity contribution in [2.75, 3.05) is 13.7 Å². The molecule has 0 spiro atoms. The molecule has 0 amide bonds. The molecular formula is C11H11NO6. The SMILES string of the molecule is COc1ccc(O[C@H]2CCOC2=O)c([N+](=O)[O-])c1. The van der Waals surface area contributed by atoms with E-state index in [0.717, 1.165) is 0 Å². The molecule has 0 saturated carbocycles. The van der Waals surface area contributed by atoms with Gasteiger partial charge in [-0.15, -0.1) is 0 Å². The number of esters is 1. The maximum absolute atomic E-state index is 11.2. The summed E-state index contributed by atoms with van der Waals surface area (Å²) in [5.41, 5.74) is -0.242. The fourth-order valence-corrected chi connectivity index (χ4v) is 1.60. The number of benzene rings is 1. The molecule has 0 radical (unpaired) electrons. The highest BCUT2D eigenvalue weighted by Gasteiger charge is 2.30. The minimum absolute atomic E-state index is 0.0321. The molecule has 1 aromatic rings. The maximum Gasteiger partial charge on any atom is 0.347 e. The van der Waals surface area contributed by atoms with Crippen molar-refractivity contribution in [2.24, 2.45) is 0 Å². The third-order valence-electron chi connectivity index (χ3n) is 2.52. The number of hydrogen-bond donors (Lipinski definition) is 0. The number of methoxy groups -OCH3 is 1. The molecule has 1 heterocycles. The number of nitro groups is 1. The van der Waals surface area contributed by atoms with Crippen LogP contribution in [0.25, 0.3) is 0 Å². The summed E-state index contributed by atoms with van der Waals surface area (Å²) in [6.45, 7) is 0.271. The Balaban J connectivity index is 2.26. The van der Waals surface area contributed by atoms with Gasteiger partial charge in [-0.1, -0.05) is 0 Å². The molecule has 1 aliphatic rings. The van der Waals surface area contributed by atoms with Crippen molar-refractivity contribution in [1.82, 2.24) is 0 Å². The van der Waals surface area contributed by atoms with Crippen LogP contribution in [-0.2, 0) is 9.53 Å². The summed E-state index contributed by atoms with van der Waals surface area (Å²) >= 11 is 0. The van der Waals surface area contributed by atoms with Crippen molar-refractivity contribution in [3.63, 3.8) is 0 Å². The van der Waals surface area contributed by atoms with Crippen LogP contribution < -0.4 is 9.47 Å². The molecule has 96 valence electrons. The molecule has 0 unspecified atom stereocenters. The fraction of sp³-hybridized carbons (Fsp3) is 0.364. The van der Waals surface area contributed by atoms with Gasteiger partial charge in [0.25, 0.3) is 0 Å². The van der Waals surface area contributed by atoms with E-state index in [-0.39, 0.29) is 18.0 Å². The van der Waals surface area contributed by atoms with Crippen LogP contribution >= 0.6 is 0 Å². The zero-order valence-electron chi connectivity index (χ0n) is 9.62. The lowest BCUT2D eigenvalue weighted by atomic mass is 10.2. The predicted octanol–water partition coefficient (Wildman–Crippen LogP) is 1.30. The Morgan fingerprint density at radius 2 is 2.28 bits per heavy atom. The molecule has 2 rings (SSSR count). The standard InChI is InChI=1S/C11H11NO6/c1-16-7-2-3-9(8(6-7)12(14)15)18-10-4-5-17-11(10)13/h2-3,6,10H,4-5H2,1H3/t10-/m0/s1. The van der Waals surface area contributed by atoms with Crippen molar-refractivity contribution in [3.05, 3.63) is 28.3 Å². The molecule has 0 N–H and O–H groups in total. The Hall–Kier alpha value is -2.31. The van der Waals surface area contributed by atoms with Gasteiger partial charge in [0.1, 0.15) is 5.75 Å². The highest BCUT2D eigenvalue weighted by atomic mass is 16.6. The van der Waals surface area contributed by atoms with E-state index in [2.05, 4.69) is 0 Å². The highest BCUT2D eigenvalue weighted by Crippen LogP contribution is 2.32. The van der Waals surface area contributed by atoms with E-state index in [1.165, 1.54) is 25.3 Å². The molecule has 1 aliphatic heterocycles. The smallest absolute Gasteiger partial charge is 0.347 e. The van der Waals surface area contributed by atoms with Crippen LogP contribution in [0.15, 0.2) is 18.2 Å².